The minimum absolute atomic E-state index is 0.00865. The predicted octanol–water partition coefficient (Wildman–Crippen LogP) is 3.85. The Hall–Kier alpha value is -1.17. The molecule has 1 fully saturated rings. The van der Waals surface area contributed by atoms with Gasteiger partial charge in [-0.1, -0.05) is 22.9 Å². The highest BCUT2D eigenvalue weighted by molar-refractivity contribution is 7.22. The molecule has 3 rings (SSSR count). The second-order valence-electron chi connectivity index (χ2n) is 4.85. The normalized spacial score (nSPS) is 18.6. The molecule has 0 saturated carbocycles. The molecule has 1 aromatic heterocycles. The number of rotatable bonds is 4. The van der Waals surface area contributed by atoms with Crippen molar-refractivity contribution in [2.75, 3.05) is 11.9 Å². The molecule has 1 atom stereocenters. The van der Waals surface area contributed by atoms with E-state index in [-0.39, 0.29) is 12.0 Å². The third-order valence-electron chi connectivity index (χ3n) is 3.31. The summed E-state index contributed by atoms with van der Waals surface area (Å²) in [4.78, 5) is 16.3. The van der Waals surface area contributed by atoms with Crippen molar-refractivity contribution in [3.63, 3.8) is 0 Å². The number of halogens is 1. The van der Waals surface area contributed by atoms with E-state index in [1.165, 1.54) is 11.3 Å². The van der Waals surface area contributed by atoms with Crippen LogP contribution in [-0.4, -0.2) is 23.6 Å². The van der Waals surface area contributed by atoms with Crippen LogP contribution in [0.15, 0.2) is 18.2 Å². The van der Waals surface area contributed by atoms with Gasteiger partial charge in [0.2, 0.25) is 5.91 Å². The first-order chi connectivity index (χ1) is 9.70. The maximum absolute atomic E-state index is 11.9. The van der Waals surface area contributed by atoms with E-state index < -0.39 is 0 Å². The molecule has 0 spiro atoms. The Balaban J connectivity index is 1.59. The van der Waals surface area contributed by atoms with Crippen molar-refractivity contribution >= 4 is 44.2 Å². The number of hydrogen-bond acceptors (Lipinski definition) is 4. The fraction of sp³-hybridized carbons (Fsp3) is 0.429. The van der Waals surface area contributed by atoms with Crippen LogP contribution >= 0.6 is 22.9 Å². The molecule has 1 aromatic carbocycles. The van der Waals surface area contributed by atoms with Gasteiger partial charge in [-0.05, 0) is 37.5 Å². The van der Waals surface area contributed by atoms with Gasteiger partial charge in [-0.2, -0.15) is 0 Å². The number of carbonyl (C=O) groups excluding carboxylic acids is 1. The van der Waals surface area contributed by atoms with E-state index in [1.807, 2.05) is 12.1 Å². The summed E-state index contributed by atoms with van der Waals surface area (Å²) in [5.41, 5.74) is 0.817. The van der Waals surface area contributed by atoms with Gasteiger partial charge < -0.3 is 10.1 Å². The highest BCUT2D eigenvalue weighted by atomic mass is 35.5. The lowest BCUT2D eigenvalue weighted by Crippen LogP contribution is -2.15. The van der Waals surface area contributed by atoms with Crippen LogP contribution in [0.2, 0.25) is 5.02 Å². The summed E-state index contributed by atoms with van der Waals surface area (Å²) in [5.74, 6) is -0.00865. The Bertz CT molecular complexity index is 623. The predicted molar refractivity (Wildman–Crippen MR) is 81.5 cm³/mol. The topological polar surface area (TPSA) is 51.2 Å². The van der Waals surface area contributed by atoms with Crippen molar-refractivity contribution in [3.05, 3.63) is 23.2 Å². The monoisotopic (exact) mass is 310 g/mol. The van der Waals surface area contributed by atoms with Crippen molar-refractivity contribution in [3.8, 4) is 0 Å². The standard InChI is InChI=1S/C14H15ClN2O2S/c15-9-3-5-12-11(8-9)16-14(20-12)17-13(18)6-4-10-2-1-7-19-10/h3,5,8,10H,1-2,4,6-7H2,(H,16,17,18). The number of thiazole rings is 1. The van der Waals surface area contributed by atoms with Crippen LogP contribution in [0.1, 0.15) is 25.7 Å². The molecule has 0 bridgehead atoms. The van der Waals surface area contributed by atoms with Gasteiger partial charge in [0.1, 0.15) is 0 Å². The quantitative estimate of drug-likeness (QED) is 0.933. The molecule has 1 amide bonds. The van der Waals surface area contributed by atoms with Crippen LogP contribution in [0, 0.1) is 0 Å². The Morgan fingerprint density at radius 2 is 2.45 bits per heavy atom. The zero-order valence-electron chi connectivity index (χ0n) is 10.9. The van der Waals surface area contributed by atoms with Gasteiger partial charge in [0.05, 0.1) is 16.3 Å². The van der Waals surface area contributed by atoms with Crippen LogP contribution in [0.4, 0.5) is 5.13 Å². The van der Waals surface area contributed by atoms with Crippen molar-refractivity contribution in [2.24, 2.45) is 0 Å². The fourth-order valence-electron chi connectivity index (χ4n) is 2.30. The van der Waals surface area contributed by atoms with Gasteiger partial charge >= 0.3 is 0 Å². The number of hydrogen-bond donors (Lipinski definition) is 1. The largest absolute Gasteiger partial charge is 0.378 e. The number of aromatic nitrogens is 1. The molecule has 2 heterocycles. The molecule has 20 heavy (non-hydrogen) atoms. The zero-order valence-corrected chi connectivity index (χ0v) is 12.5. The van der Waals surface area contributed by atoms with Gasteiger partial charge in [-0.25, -0.2) is 4.98 Å². The number of amides is 1. The number of nitrogens with one attached hydrogen (secondary N) is 1. The van der Waals surface area contributed by atoms with E-state index in [0.717, 1.165) is 36.1 Å². The molecule has 2 aromatic rings. The number of carbonyl (C=O) groups is 1. The SMILES string of the molecule is O=C(CCC1CCCO1)Nc1nc2cc(Cl)ccc2s1. The third-order valence-corrected chi connectivity index (χ3v) is 4.50. The summed E-state index contributed by atoms with van der Waals surface area (Å²) in [6, 6.07) is 5.54. The molecule has 1 aliphatic heterocycles. The van der Waals surface area contributed by atoms with Crippen molar-refractivity contribution < 1.29 is 9.53 Å². The number of benzene rings is 1. The summed E-state index contributed by atoms with van der Waals surface area (Å²) in [6.07, 6.45) is 3.66. The molecule has 1 N–H and O–H groups in total. The minimum Gasteiger partial charge on any atom is -0.378 e. The van der Waals surface area contributed by atoms with E-state index in [4.69, 9.17) is 16.3 Å². The highest BCUT2D eigenvalue weighted by Crippen LogP contribution is 2.28. The van der Waals surface area contributed by atoms with Crippen molar-refractivity contribution in [2.45, 2.75) is 31.8 Å². The Morgan fingerprint density at radius 1 is 1.55 bits per heavy atom. The summed E-state index contributed by atoms with van der Waals surface area (Å²) in [7, 11) is 0. The highest BCUT2D eigenvalue weighted by Gasteiger charge is 2.17. The van der Waals surface area contributed by atoms with Gasteiger partial charge in [-0.3, -0.25) is 4.79 Å². The Morgan fingerprint density at radius 3 is 3.25 bits per heavy atom. The van der Waals surface area contributed by atoms with E-state index >= 15 is 0 Å². The van der Waals surface area contributed by atoms with E-state index in [0.29, 0.717) is 16.6 Å². The second-order valence-corrected chi connectivity index (χ2v) is 6.32. The van der Waals surface area contributed by atoms with E-state index in [9.17, 15) is 4.79 Å². The summed E-state index contributed by atoms with van der Waals surface area (Å²) in [5, 5.41) is 4.12. The first kappa shape index (κ1) is 13.8. The molecule has 1 unspecified atom stereocenters. The smallest absolute Gasteiger partial charge is 0.226 e. The van der Waals surface area contributed by atoms with Crippen LogP contribution in [0.25, 0.3) is 10.2 Å². The number of nitrogens with zero attached hydrogens (tertiary/aromatic N) is 1. The zero-order chi connectivity index (χ0) is 13.9. The summed E-state index contributed by atoms with van der Waals surface area (Å²) in [6.45, 7) is 0.824. The van der Waals surface area contributed by atoms with Crippen molar-refractivity contribution in [1.82, 2.24) is 4.98 Å². The first-order valence-corrected chi connectivity index (χ1v) is 7.88. The average molecular weight is 311 g/mol. The van der Waals surface area contributed by atoms with Crippen LogP contribution < -0.4 is 5.32 Å². The van der Waals surface area contributed by atoms with Gasteiger partial charge in [-0.15, -0.1) is 0 Å². The molecular formula is C14H15ClN2O2S. The van der Waals surface area contributed by atoms with Crippen LogP contribution in [-0.2, 0) is 9.53 Å². The maximum atomic E-state index is 11.9. The number of fused-ring (bicyclic) bond motifs is 1. The Labute approximate surface area is 126 Å². The van der Waals surface area contributed by atoms with Crippen LogP contribution in [0.3, 0.4) is 0 Å². The van der Waals surface area contributed by atoms with Gasteiger partial charge in [0.25, 0.3) is 0 Å². The fourth-order valence-corrected chi connectivity index (χ4v) is 3.33. The van der Waals surface area contributed by atoms with E-state index in [2.05, 4.69) is 10.3 Å². The summed E-state index contributed by atoms with van der Waals surface area (Å²) >= 11 is 7.38. The molecular weight excluding hydrogens is 296 g/mol. The second kappa shape index (κ2) is 6.08. The lowest BCUT2D eigenvalue weighted by Gasteiger charge is -2.07. The van der Waals surface area contributed by atoms with Crippen molar-refractivity contribution in [1.29, 1.82) is 0 Å². The molecule has 1 saturated heterocycles. The number of anilines is 1. The minimum atomic E-state index is -0.00865. The third kappa shape index (κ3) is 3.29. The lowest BCUT2D eigenvalue weighted by atomic mass is 10.1. The molecule has 106 valence electrons. The average Bonchev–Trinajstić information content (AvgIpc) is 3.04. The first-order valence-electron chi connectivity index (χ1n) is 6.68. The van der Waals surface area contributed by atoms with Crippen LogP contribution in [0.5, 0.6) is 0 Å². The summed E-state index contributed by atoms with van der Waals surface area (Å²) < 4.78 is 6.52. The molecule has 0 aliphatic carbocycles. The Kier molecular flexibility index (Phi) is 4.19. The molecule has 4 nitrogen and oxygen atoms in total. The van der Waals surface area contributed by atoms with Gasteiger partial charge in [0.15, 0.2) is 5.13 Å². The van der Waals surface area contributed by atoms with E-state index in [1.54, 1.807) is 6.07 Å². The van der Waals surface area contributed by atoms with Gasteiger partial charge in [0, 0.05) is 18.1 Å². The number of ether oxygens (including phenoxy) is 1. The molecule has 1 aliphatic rings. The lowest BCUT2D eigenvalue weighted by molar-refractivity contribution is -0.116. The maximum Gasteiger partial charge on any atom is 0.226 e. The molecule has 0 radical (unpaired) electrons. The molecule has 6 heteroatoms.